The molecule has 2 rings (SSSR count). The van der Waals surface area contributed by atoms with Crippen molar-refractivity contribution in [3.63, 3.8) is 0 Å². The van der Waals surface area contributed by atoms with Crippen molar-refractivity contribution in [1.29, 1.82) is 0 Å². The van der Waals surface area contributed by atoms with Gasteiger partial charge in [0.1, 0.15) is 0 Å². The Hall–Kier alpha value is -1.46. The summed E-state index contributed by atoms with van der Waals surface area (Å²) in [6.07, 6.45) is 0. The lowest BCUT2D eigenvalue weighted by Gasteiger charge is -2.01. The summed E-state index contributed by atoms with van der Waals surface area (Å²) in [5.74, 6) is -0.229. The molecule has 0 radical (unpaired) electrons. The van der Waals surface area contributed by atoms with Gasteiger partial charge in [0.15, 0.2) is 0 Å². The molecule has 3 nitrogen and oxygen atoms in total. The first-order valence-corrected chi connectivity index (χ1v) is 5.81. The largest absolute Gasteiger partial charge is 0.474 e. The quantitative estimate of drug-likeness (QED) is 0.792. The van der Waals surface area contributed by atoms with Crippen LogP contribution in [0, 0.1) is 0 Å². The Bertz CT molecular complexity index is 515. The summed E-state index contributed by atoms with van der Waals surface area (Å²) in [7, 11) is 1.42. The van der Waals surface area contributed by atoms with Crippen LogP contribution in [-0.2, 0) is 4.74 Å². The van der Waals surface area contributed by atoms with Crippen LogP contribution >= 0.6 is 23.6 Å². The molecule has 0 aliphatic carbocycles. The minimum absolute atomic E-state index is 0.0856. The molecule has 2 aromatic rings. The van der Waals surface area contributed by atoms with Gasteiger partial charge in [0, 0.05) is 4.70 Å². The Morgan fingerprint density at radius 2 is 2.19 bits per heavy atom. The highest BCUT2D eigenvalue weighted by Gasteiger charge is 2.11. The second kappa shape index (κ2) is 4.59. The minimum atomic E-state index is -0.229. The zero-order chi connectivity index (χ0) is 11.5. The molecule has 0 saturated carbocycles. The van der Waals surface area contributed by atoms with E-state index in [1.165, 1.54) is 18.4 Å². The van der Waals surface area contributed by atoms with Crippen LogP contribution in [0.4, 0.5) is 0 Å². The summed E-state index contributed by atoms with van der Waals surface area (Å²) in [5, 5.41) is 3.63. The Kier molecular flexibility index (Phi) is 3.17. The molecule has 0 unspecified atom stereocenters. The standard InChI is InChI=1S/C11H9NO2S2/c1-14-11(15)12-10(13)9-6-7-4-2-3-5-8(7)16-9/h2-6H,1H3,(H,12,13,15). The lowest BCUT2D eigenvalue weighted by Crippen LogP contribution is -2.29. The van der Waals surface area contributed by atoms with Crippen LogP contribution in [-0.4, -0.2) is 18.2 Å². The number of hydrogen-bond acceptors (Lipinski definition) is 4. The molecule has 0 bridgehead atoms. The predicted molar refractivity (Wildman–Crippen MR) is 68.9 cm³/mol. The van der Waals surface area contributed by atoms with Crippen molar-refractivity contribution in [3.8, 4) is 0 Å². The molecule has 1 amide bonds. The number of thiocarbonyl (C=S) groups is 1. The van der Waals surface area contributed by atoms with Gasteiger partial charge in [0.2, 0.25) is 0 Å². The van der Waals surface area contributed by atoms with Crippen molar-refractivity contribution in [2.24, 2.45) is 0 Å². The number of hydrogen-bond donors (Lipinski definition) is 1. The van der Waals surface area contributed by atoms with E-state index < -0.39 is 0 Å². The monoisotopic (exact) mass is 251 g/mol. The first-order chi connectivity index (χ1) is 7.70. The number of amides is 1. The van der Waals surface area contributed by atoms with Crippen LogP contribution in [0.25, 0.3) is 10.1 Å². The Morgan fingerprint density at radius 1 is 1.44 bits per heavy atom. The molecule has 82 valence electrons. The highest BCUT2D eigenvalue weighted by Crippen LogP contribution is 2.24. The maximum absolute atomic E-state index is 11.7. The maximum Gasteiger partial charge on any atom is 0.268 e. The SMILES string of the molecule is COC(=S)NC(=O)c1cc2ccccc2s1. The second-order valence-electron chi connectivity index (χ2n) is 3.09. The van der Waals surface area contributed by atoms with Crippen molar-refractivity contribution >= 4 is 44.7 Å². The van der Waals surface area contributed by atoms with Crippen LogP contribution < -0.4 is 5.32 Å². The molecule has 1 N–H and O–H groups in total. The number of thiophene rings is 1. The van der Waals surface area contributed by atoms with E-state index in [-0.39, 0.29) is 11.1 Å². The molecule has 0 atom stereocenters. The molecular weight excluding hydrogens is 242 g/mol. The fourth-order valence-corrected chi connectivity index (χ4v) is 2.35. The molecule has 0 aliphatic heterocycles. The summed E-state index contributed by atoms with van der Waals surface area (Å²) < 4.78 is 5.80. The molecule has 16 heavy (non-hydrogen) atoms. The van der Waals surface area contributed by atoms with Gasteiger partial charge in [0.05, 0.1) is 12.0 Å². The van der Waals surface area contributed by atoms with E-state index in [4.69, 9.17) is 17.0 Å². The third kappa shape index (κ3) is 2.20. The number of carbonyl (C=O) groups is 1. The average Bonchev–Trinajstić information content (AvgIpc) is 2.72. The third-order valence-electron chi connectivity index (χ3n) is 2.05. The number of ether oxygens (including phenoxy) is 1. The molecule has 1 aromatic heterocycles. The highest BCUT2D eigenvalue weighted by atomic mass is 32.1. The molecule has 1 heterocycles. The summed E-state index contributed by atoms with van der Waals surface area (Å²) in [4.78, 5) is 12.3. The van der Waals surface area contributed by atoms with Crippen LogP contribution in [0.15, 0.2) is 30.3 Å². The molecule has 0 spiro atoms. The van der Waals surface area contributed by atoms with Gasteiger partial charge < -0.3 is 4.74 Å². The van der Waals surface area contributed by atoms with Crippen LogP contribution in [0.2, 0.25) is 0 Å². The number of methoxy groups -OCH3 is 1. The lowest BCUT2D eigenvalue weighted by molar-refractivity contribution is 0.0974. The average molecular weight is 251 g/mol. The number of fused-ring (bicyclic) bond motifs is 1. The van der Waals surface area contributed by atoms with Gasteiger partial charge in [-0.05, 0) is 29.7 Å². The van der Waals surface area contributed by atoms with Crippen LogP contribution in [0.1, 0.15) is 9.67 Å². The van der Waals surface area contributed by atoms with E-state index in [1.54, 1.807) is 0 Å². The Labute approximate surface area is 102 Å². The zero-order valence-electron chi connectivity index (χ0n) is 8.52. The van der Waals surface area contributed by atoms with Crippen molar-refractivity contribution in [2.45, 2.75) is 0 Å². The summed E-state index contributed by atoms with van der Waals surface area (Å²) in [6, 6.07) is 9.67. The van der Waals surface area contributed by atoms with Gasteiger partial charge in [-0.1, -0.05) is 18.2 Å². The molecule has 0 aliphatic rings. The highest BCUT2D eigenvalue weighted by molar-refractivity contribution is 7.80. The van der Waals surface area contributed by atoms with Crippen molar-refractivity contribution in [3.05, 3.63) is 35.2 Å². The van der Waals surface area contributed by atoms with E-state index in [2.05, 4.69) is 5.32 Å². The Morgan fingerprint density at radius 3 is 2.88 bits per heavy atom. The van der Waals surface area contributed by atoms with E-state index in [1.807, 2.05) is 30.3 Å². The number of rotatable bonds is 1. The van der Waals surface area contributed by atoms with E-state index in [9.17, 15) is 4.79 Å². The fraction of sp³-hybridized carbons (Fsp3) is 0.0909. The summed E-state index contributed by atoms with van der Waals surface area (Å²) in [5.41, 5.74) is 0. The summed E-state index contributed by atoms with van der Waals surface area (Å²) >= 11 is 6.19. The molecule has 1 aromatic carbocycles. The van der Waals surface area contributed by atoms with Gasteiger partial charge in [-0.3, -0.25) is 10.1 Å². The molecule has 5 heteroatoms. The Balaban J connectivity index is 2.26. The number of benzene rings is 1. The lowest BCUT2D eigenvalue weighted by atomic mass is 10.2. The first kappa shape index (κ1) is 11.0. The van der Waals surface area contributed by atoms with Gasteiger partial charge in [-0.2, -0.15) is 0 Å². The minimum Gasteiger partial charge on any atom is -0.474 e. The molecule has 0 saturated heterocycles. The zero-order valence-corrected chi connectivity index (χ0v) is 10.2. The van der Waals surface area contributed by atoms with Crippen molar-refractivity contribution in [1.82, 2.24) is 5.32 Å². The van der Waals surface area contributed by atoms with E-state index in [0.29, 0.717) is 4.88 Å². The van der Waals surface area contributed by atoms with Gasteiger partial charge >= 0.3 is 0 Å². The van der Waals surface area contributed by atoms with E-state index in [0.717, 1.165) is 10.1 Å². The first-order valence-electron chi connectivity index (χ1n) is 4.58. The molecule has 0 fully saturated rings. The van der Waals surface area contributed by atoms with Crippen molar-refractivity contribution < 1.29 is 9.53 Å². The summed E-state index contributed by atoms with van der Waals surface area (Å²) in [6.45, 7) is 0. The normalized spacial score (nSPS) is 10.1. The van der Waals surface area contributed by atoms with E-state index >= 15 is 0 Å². The number of nitrogens with one attached hydrogen (secondary N) is 1. The maximum atomic E-state index is 11.7. The fourth-order valence-electron chi connectivity index (χ4n) is 1.30. The predicted octanol–water partition coefficient (Wildman–Crippen LogP) is 2.56. The number of carbonyl (C=O) groups excluding carboxylic acids is 1. The second-order valence-corrected chi connectivity index (χ2v) is 4.55. The van der Waals surface area contributed by atoms with Crippen LogP contribution in [0.5, 0.6) is 0 Å². The van der Waals surface area contributed by atoms with Crippen molar-refractivity contribution in [2.75, 3.05) is 7.11 Å². The van der Waals surface area contributed by atoms with Crippen LogP contribution in [0.3, 0.4) is 0 Å². The van der Waals surface area contributed by atoms with Gasteiger partial charge in [-0.15, -0.1) is 11.3 Å². The molecular formula is C11H9NO2S2. The van der Waals surface area contributed by atoms with Gasteiger partial charge in [-0.25, -0.2) is 0 Å². The van der Waals surface area contributed by atoms with Gasteiger partial charge in [0.25, 0.3) is 11.1 Å². The smallest absolute Gasteiger partial charge is 0.268 e. The third-order valence-corrected chi connectivity index (χ3v) is 3.43. The topological polar surface area (TPSA) is 38.3 Å².